The van der Waals surface area contributed by atoms with Crippen LogP contribution in [0.5, 0.6) is 0 Å². The van der Waals surface area contributed by atoms with Crippen molar-refractivity contribution in [2.24, 2.45) is 4.99 Å². The highest BCUT2D eigenvalue weighted by Gasteiger charge is 2.29. The molecule has 0 N–H and O–H groups in total. The van der Waals surface area contributed by atoms with Crippen molar-refractivity contribution in [3.63, 3.8) is 0 Å². The molecule has 10 heteroatoms. The Balaban J connectivity index is 1.50. The first-order chi connectivity index (χ1) is 15.2. The van der Waals surface area contributed by atoms with Crippen molar-refractivity contribution in [1.82, 2.24) is 19.7 Å². The summed E-state index contributed by atoms with van der Waals surface area (Å²) in [4.78, 5) is 9.80. The predicted octanol–water partition coefficient (Wildman–Crippen LogP) is 4.58. The molecule has 162 valence electrons. The number of thioether (sulfide) groups is 1. The van der Waals surface area contributed by atoms with E-state index in [1.54, 1.807) is 11.3 Å². The molecule has 2 aliphatic heterocycles. The summed E-state index contributed by atoms with van der Waals surface area (Å²) in [5.41, 5.74) is 2.91. The van der Waals surface area contributed by atoms with Crippen molar-refractivity contribution in [3.8, 4) is 5.00 Å². The number of aromatic nitrogens is 3. The quantitative estimate of drug-likeness (QED) is 0.477. The Hall–Kier alpha value is -1.39. The van der Waals surface area contributed by atoms with E-state index in [-0.39, 0.29) is 0 Å². The summed E-state index contributed by atoms with van der Waals surface area (Å²) in [7, 11) is 0. The molecule has 2 aliphatic rings. The highest BCUT2D eigenvalue weighted by Crippen LogP contribution is 2.38. The van der Waals surface area contributed by atoms with E-state index in [0.717, 1.165) is 70.1 Å². The molecule has 0 spiro atoms. The fraction of sp³-hybridized carbons (Fsp3) is 0.381. The molecular formula is C21H22BrClN6S2. The molecule has 6 nitrogen and oxygen atoms in total. The standard InChI is InChI=1S/C21H22BrClN6S2/c1-30-11-10-27-6-8-28(9-7-27)21-26-25-18-13-24-19(14-4-2-3-5-16(14)23)15-12-17(22)31-20(15)29(18)21/h2-5,12H,6-11,13H2,1H3. The average molecular weight is 538 g/mol. The molecule has 0 radical (unpaired) electrons. The van der Waals surface area contributed by atoms with Crippen LogP contribution in [0.15, 0.2) is 39.1 Å². The Morgan fingerprint density at radius 1 is 1.13 bits per heavy atom. The maximum absolute atomic E-state index is 6.53. The zero-order valence-electron chi connectivity index (χ0n) is 17.1. The molecule has 0 bridgehead atoms. The van der Waals surface area contributed by atoms with Crippen molar-refractivity contribution >= 4 is 62.3 Å². The van der Waals surface area contributed by atoms with Gasteiger partial charge in [0.25, 0.3) is 0 Å². The molecule has 3 aromatic rings. The number of rotatable bonds is 5. The van der Waals surface area contributed by atoms with E-state index >= 15 is 0 Å². The Bertz CT molecular complexity index is 1120. The molecule has 2 aromatic heterocycles. The molecule has 4 heterocycles. The number of fused-ring (bicyclic) bond motifs is 3. The molecule has 1 saturated heterocycles. The highest BCUT2D eigenvalue weighted by atomic mass is 79.9. The van der Waals surface area contributed by atoms with E-state index in [1.807, 2.05) is 36.0 Å². The SMILES string of the molecule is CSCCN1CCN(c2nnc3n2-c2sc(Br)cc2C(c2ccccc2Cl)=NC3)CC1. The minimum atomic E-state index is 0.472. The van der Waals surface area contributed by atoms with Crippen molar-refractivity contribution in [1.29, 1.82) is 0 Å². The van der Waals surface area contributed by atoms with Crippen LogP contribution >= 0.6 is 50.6 Å². The van der Waals surface area contributed by atoms with E-state index < -0.39 is 0 Å². The first-order valence-electron chi connectivity index (χ1n) is 10.2. The summed E-state index contributed by atoms with van der Waals surface area (Å²) >= 11 is 13.8. The topological polar surface area (TPSA) is 49.6 Å². The number of piperazine rings is 1. The van der Waals surface area contributed by atoms with E-state index in [2.05, 4.69) is 52.8 Å². The van der Waals surface area contributed by atoms with Gasteiger partial charge in [-0.3, -0.25) is 14.5 Å². The summed E-state index contributed by atoms with van der Waals surface area (Å²) < 4.78 is 3.24. The third kappa shape index (κ3) is 4.18. The molecule has 0 unspecified atom stereocenters. The maximum atomic E-state index is 6.53. The lowest BCUT2D eigenvalue weighted by molar-refractivity contribution is 0.271. The minimum Gasteiger partial charge on any atom is -0.338 e. The third-order valence-corrected chi connectivity index (χ3v) is 8.17. The molecule has 1 aromatic carbocycles. The monoisotopic (exact) mass is 536 g/mol. The maximum Gasteiger partial charge on any atom is 0.232 e. The van der Waals surface area contributed by atoms with Gasteiger partial charge in [0.2, 0.25) is 5.95 Å². The third-order valence-electron chi connectivity index (χ3n) is 5.63. The molecule has 31 heavy (non-hydrogen) atoms. The first-order valence-corrected chi connectivity index (χ1v) is 13.5. The predicted molar refractivity (Wildman–Crippen MR) is 135 cm³/mol. The second-order valence-corrected chi connectivity index (χ2v) is 11.3. The van der Waals surface area contributed by atoms with Gasteiger partial charge in [0.1, 0.15) is 11.5 Å². The number of nitrogens with zero attached hydrogens (tertiary/aromatic N) is 6. The minimum absolute atomic E-state index is 0.472. The van der Waals surface area contributed by atoms with Gasteiger partial charge in [-0.25, -0.2) is 0 Å². The molecular weight excluding hydrogens is 516 g/mol. The van der Waals surface area contributed by atoms with Crippen molar-refractivity contribution in [3.05, 3.63) is 56.1 Å². The van der Waals surface area contributed by atoms with E-state index in [9.17, 15) is 0 Å². The normalized spacial score (nSPS) is 16.6. The Morgan fingerprint density at radius 3 is 2.71 bits per heavy atom. The van der Waals surface area contributed by atoms with Gasteiger partial charge in [-0.1, -0.05) is 29.8 Å². The van der Waals surface area contributed by atoms with Crippen molar-refractivity contribution in [2.75, 3.05) is 49.6 Å². The van der Waals surface area contributed by atoms with Gasteiger partial charge in [-0.2, -0.15) is 11.8 Å². The van der Waals surface area contributed by atoms with Gasteiger partial charge >= 0.3 is 0 Å². The van der Waals surface area contributed by atoms with Crippen LogP contribution in [0.25, 0.3) is 5.00 Å². The lowest BCUT2D eigenvalue weighted by Gasteiger charge is -2.35. The number of anilines is 1. The largest absolute Gasteiger partial charge is 0.338 e. The number of halogens is 2. The molecule has 0 atom stereocenters. The van der Waals surface area contributed by atoms with Crippen LogP contribution in [-0.4, -0.2) is 70.1 Å². The fourth-order valence-corrected chi connectivity index (χ4v) is 6.28. The van der Waals surface area contributed by atoms with Gasteiger partial charge < -0.3 is 4.90 Å². The fourth-order valence-electron chi connectivity index (χ4n) is 4.02. The van der Waals surface area contributed by atoms with Crippen LogP contribution in [0.3, 0.4) is 0 Å². The first kappa shape index (κ1) is 21.5. The van der Waals surface area contributed by atoms with Crippen LogP contribution in [0.1, 0.15) is 17.0 Å². The van der Waals surface area contributed by atoms with Gasteiger partial charge in [0.05, 0.1) is 9.50 Å². The smallest absolute Gasteiger partial charge is 0.232 e. The number of aliphatic imine (C=N–C) groups is 1. The second kappa shape index (κ2) is 9.23. The molecule has 1 fully saturated rings. The Labute approximate surface area is 203 Å². The average Bonchev–Trinajstić information content (AvgIpc) is 3.34. The lowest BCUT2D eigenvalue weighted by Crippen LogP contribution is -2.47. The summed E-state index contributed by atoms with van der Waals surface area (Å²) in [6, 6.07) is 10.0. The van der Waals surface area contributed by atoms with Crippen LogP contribution in [0.4, 0.5) is 5.95 Å². The molecule has 0 amide bonds. The number of hydrogen-bond acceptors (Lipinski definition) is 7. The van der Waals surface area contributed by atoms with Crippen molar-refractivity contribution < 1.29 is 0 Å². The van der Waals surface area contributed by atoms with Crippen molar-refractivity contribution in [2.45, 2.75) is 6.54 Å². The van der Waals surface area contributed by atoms with E-state index in [1.165, 1.54) is 5.75 Å². The molecule has 0 aliphatic carbocycles. The van der Waals surface area contributed by atoms with Crippen LogP contribution in [-0.2, 0) is 6.54 Å². The van der Waals surface area contributed by atoms with Gasteiger partial charge in [0, 0.05) is 54.6 Å². The van der Waals surface area contributed by atoms with Crippen LogP contribution < -0.4 is 4.90 Å². The summed E-state index contributed by atoms with van der Waals surface area (Å²) in [6.45, 7) is 5.61. The summed E-state index contributed by atoms with van der Waals surface area (Å²) in [6.07, 6.45) is 2.16. The Morgan fingerprint density at radius 2 is 1.94 bits per heavy atom. The molecule has 5 rings (SSSR count). The highest BCUT2D eigenvalue weighted by molar-refractivity contribution is 9.11. The summed E-state index contributed by atoms with van der Waals surface area (Å²) in [5, 5.41) is 10.9. The molecule has 0 saturated carbocycles. The number of hydrogen-bond donors (Lipinski definition) is 0. The van der Waals surface area contributed by atoms with Gasteiger partial charge in [0.15, 0.2) is 5.82 Å². The van der Waals surface area contributed by atoms with Gasteiger partial charge in [-0.05, 0) is 34.3 Å². The second-order valence-electron chi connectivity index (χ2n) is 7.49. The van der Waals surface area contributed by atoms with Crippen LogP contribution in [0, 0.1) is 0 Å². The van der Waals surface area contributed by atoms with Crippen LogP contribution in [0.2, 0.25) is 5.02 Å². The lowest BCUT2D eigenvalue weighted by atomic mass is 10.0. The zero-order chi connectivity index (χ0) is 21.4. The van der Waals surface area contributed by atoms with E-state index in [4.69, 9.17) is 16.6 Å². The number of benzene rings is 1. The number of thiophene rings is 1. The Kier molecular flexibility index (Phi) is 6.39. The van der Waals surface area contributed by atoms with E-state index in [0.29, 0.717) is 11.6 Å². The summed E-state index contributed by atoms with van der Waals surface area (Å²) in [5.74, 6) is 2.94. The zero-order valence-corrected chi connectivity index (χ0v) is 21.1. The van der Waals surface area contributed by atoms with Gasteiger partial charge in [-0.15, -0.1) is 21.5 Å².